The number of fused-ring (bicyclic) bond motifs is 6. The predicted octanol–water partition coefficient (Wildman–Crippen LogP) is 7.06. The molecule has 0 N–H and O–H groups in total. The molecule has 6 heteroatoms. The summed E-state index contributed by atoms with van der Waals surface area (Å²) in [5.74, 6) is 2.60. The Morgan fingerprint density at radius 1 is 0.951 bits per heavy atom. The molecular formula is C35H46N4O2. The smallest absolute Gasteiger partial charge is 0.302 e. The maximum atomic E-state index is 12.4. The van der Waals surface area contributed by atoms with E-state index in [0.29, 0.717) is 23.3 Å². The fourth-order valence-corrected chi connectivity index (χ4v) is 10.4. The Hall–Kier alpha value is -2.73. The zero-order chi connectivity index (χ0) is 28.4. The van der Waals surface area contributed by atoms with Crippen molar-refractivity contribution < 1.29 is 9.53 Å². The van der Waals surface area contributed by atoms with Gasteiger partial charge in [-0.25, -0.2) is 4.68 Å². The van der Waals surface area contributed by atoms with Crippen LogP contribution in [0.3, 0.4) is 0 Å². The summed E-state index contributed by atoms with van der Waals surface area (Å²) >= 11 is 0. The molecule has 0 unspecified atom stereocenters. The highest BCUT2D eigenvalue weighted by atomic mass is 16.5. The standard InChI is InChI=1S/C35H46N4O2/c1-23(40)41-33-32(39-31-13-9-8-12-30(31)36-37-39)21-29-27-15-14-25-20-26(38(4)22-24-10-6-5-7-11-24)16-18-34(25,2)28(27)17-19-35(29,33)3/h5-13,25-29,32-33H,14-22H2,1-4H3/t25-,26-,27+,28-,29-,32-,33-,34-,35-/m0/s1. The molecule has 0 radical (unpaired) electrons. The van der Waals surface area contributed by atoms with E-state index in [4.69, 9.17) is 4.74 Å². The van der Waals surface area contributed by atoms with Crippen LogP contribution in [0.2, 0.25) is 0 Å². The van der Waals surface area contributed by atoms with Crippen molar-refractivity contribution >= 4 is 17.0 Å². The number of benzene rings is 2. The van der Waals surface area contributed by atoms with Gasteiger partial charge in [-0.1, -0.05) is 61.5 Å². The minimum atomic E-state index is -0.179. The van der Waals surface area contributed by atoms with Crippen molar-refractivity contribution in [1.82, 2.24) is 19.9 Å². The molecule has 4 fully saturated rings. The van der Waals surface area contributed by atoms with Crippen LogP contribution in [0.5, 0.6) is 0 Å². The monoisotopic (exact) mass is 554 g/mol. The van der Waals surface area contributed by atoms with Crippen LogP contribution in [0.1, 0.15) is 83.7 Å². The molecule has 0 bridgehead atoms. The van der Waals surface area contributed by atoms with Gasteiger partial charge in [0.05, 0.1) is 11.6 Å². The second kappa shape index (κ2) is 10.2. The second-order valence-corrected chi connectivity index (χ2v) is 14.4. The van der Waals surface area contributed by atoms with Crippen molar-refractivity contribution in [2.24, 2.45) is 34.5 Å². The lowest BCUT2D eigenvalue weighted by Gasteiger charge is -2.61. The minimum Gasteiger partial charge on any atom is -0.460 e. The van der Waals surface area contributed by atoms with Gasteiger partial charge in [-0.05, 0) is 105 Å². The number of hydrogen-bond acceptors (Lipinski definition) is 5. The highest BCUT2D eigenvalue weighted by molar-refractivity contribution is 5.74. The van der Waals surface area contributed by atoms with Gasteiger partial charge >= 0.3 is 5.97 Å². The first-order valence-electron chi connectivity index (χ1n) is 16.0. The Bertz CT molecular complexity index is 1410. The molecule has 0 amide bonds. The molecule has 0 spiro atoms. The van der Waals surface area contributed by atoms with Gasteiger partial charge in [-0.3, -0.25) is 9.69 Å². The van der Waals surface area contributed by atoms with Gasteiger partial charge in [0.25, 0.3) is 0 Å². The Kier molecular flexibility index (Phi) is 6.76. The number of carbonyl (C=O) groups is 1. The third kappa shape index (κ3) is 4.43. The lowest BCUT2D eigenvalue weighted by atomic mass is 9.45. The van der Waals surface area contributed by atoms with Crippen LogP contribution < -0.4 is 0 Å². The molecule has 9 atom stereocenters. The maximum Gasteiger partial charge on any atom is 0.302 e. The first-order chi connectivity index (χ1) is 19.8. The molecule has 0 aliphatic heterocycles. The third-order valence-electron chi connectivity index (χ3n) is 12.5. The number of hydrogen-bond donors (Lipinski definition) is 0. The summed E-state index contributed by atoms with van der Waals surface area (Å²) in [6, 6.07) is 19.8. The quantitative estimate of drug-likeness (QED) is 0.316. The lowest BCUT2D eigenvalue weighted by molar-refractivity contribution is -0.164. The molecule has 3 aromatic rings. The summed E-state index contributed by atoms with van der Waals surface area (Å²) in [6.45, 7) is 7.67. The van der Waals surface area contributed by atoms with E-state index in [1.807, 2.05) is 12.1 Å². The van der Waals surface area contributed by atoms with E-state index in [2.05, 4.69) is 83.3 Å². The Morgan fingerprint density at radius 2 is 1.71 bits per heavy atom. The number of ether oxygens (including phenoxy) is 1. The number of nitrogens with zero attached hydrogens (tertiary/aromatic N) is 4. The van der Waals surface area contributed by atoms with Crippen molar-refractivity contribution in [2.45, 2.75) is 96.9 Å². The Balaban J connectivity index is 1.13. The molecule has 218 valence electrons. The van der Waals surface area contributed by atoms with Crippen LogP contribution in [-0.4, -0.2) is 45.1 Å². The van der Waals surface area contributed by atoms with Gasteiger partial charge in [0.2, 0.25) is 0 Å². The Labute approximate surface area is 244 Å². The van der Waals surface area contributed by atoms with Crippen molar-refractivity contribution in [2.75, 3.05) is 7.05 Å². The van der Waals surface area contributed by atoms with Crippen LogP contribution >= 0.6 is 0 Å². The normalized spacial score (nSPS) is 38.3. The van der Waals surface area contributed by atoms with Crippen LogP contribution in [0.4, 0.5) is 0 Å². The van der Waals surface area contributed by atoms with Gasteiger partial charge in [0.1, 0.15) is 11.6 Å². The average Bonchev–Trinajstić information content (AvgIpc) is 3.51. The highest BCUT2D eigenvalue weighted by Crippen LogP contribution is 2.68. The molecule has 4 saturated carbocycles. The second-order valence-electron chi connectivity index (χ2n) is 14.4. The topological polar surface area (TPSA) is 60.3 Å². The average molecular weight is 555 g/mol. The van der Waals surface area contributed by atoms with Crippen LogP contribution in [0.25, 0.3) is 11.0 Å². The number of carbonyl (C=O) groups excluding carboxylic acids is 1. The van der Waals surface area contributed by atoms with Gasteiger partial charge in [-0.2, -0.15) is 0 Å². The van der Waals surface area contributed by atoms with E-state index >= 15 is 0 Å². The van der Waals surface area contributed by atoms with E-state index in [-0.39, 0.29) is 23.5 Å². The summed E-state index contributed by atoms with van der Waals surface area (Å²) in [7, 11) is 2.33. The molecule has 1 aromatic heterocycles. The number of aromatic nitrogens is 3. The molecular weight excluding hydrogens is 508 g/mol. The van der Waals surface area contributed by atoms with E-state index < -0.39 is 0 Å². The lowest BCUT2D eigenvalue weighted by Crippen LogP contribution is -2.55. The SMILES string of the molecule is CC(=O)O[C@H]1[C@@H](n2nnc3ccccc32)C[C@H]2[C@@H]3CC[C@H]4C[C@@H](N(C)Cc5ccccc5)CC[C@]4(C)[C@H]3CC[C@@]21C. The molecule has 41 heavy (non-hydrogen) atoms. The summed E-state index contributed by atoms with van der Waals surface area (Å²) in [4.78, 5) is 15.1. The van der Waals surface area contributed by atoms with E-state index in [1.54, 1.807) is 6.92 Å². The predicted molar refractivity (Wildman–Crippen MR) is 161 cm³/mol. The summed E-state index contributed by atoms with van der Waals surface area (Å²) in [6.07, 6.45) is 9.82. The van der Waals surface area contributed by atoms with Crippen LogP contribution in [-0.2, 0) is 16.1 Å². The number of para-hydroxylation sites is 1. The van der Waals surface area contributed by atoms with Crippen molar-refractivity contribution in [3.63, 3.8) is 0 Å². The molecule has 4 aliphatic rings. The summed E-state index contributed by atoms with van der Waals surface area (Å²) in [5, 5.41) is 9.11. The van der Waals surface area contributed by atoms with Crippen molar-refractivity contribution in [3.05, 3.63) is 60.2 Å². The molecule has 2 aromatic carbocycles. The van der Waals surface area contributed by atoms with E-state index in [9.17, 15) is 4.79 Å². The van der Waals surface area contributed by atoms with Crippen molar-refractivity contribution in [3.8, 4) is 0 Å². The largest absolute Gasteiger partial charge is 0.460 e. The maximum absolute atomic E-state index is 12.4. The Morgan fingerprint density at radius 3 is 2.51 bits per heavy atom. The van der Waals surface area contributed by atoms with Gasteiger partial charge < -0.3 is 4.74 Å². The van der Waals surface area contributed by atoms with Gasteiger partial charge in [-0.15, -0.1) is 5.10 Å². The van der Waals surface area contributed by atoms with Gasteiger partial charge in [0, 0.05) is 24.9 Å². The van der Waals surface area contributed by atoms with Crippen LogP contribution in [0, 0.1) is 34.5 Å². The third-order valence-corrected chi connectivity index (χ3v) is 12.5. The van der Waals surface area contributed by atoms with Crippen LogP contribution in [0.15, 0.2) is 54.6 Å². The minimum absolute atomic E-state index is 0.0269. The number of esters is 1. The van der Waals surface area contributed by atoms with E-state index in [0.717, 1.165) is 42.3 Å². The van der Waals surface area contributed by atoms with E-state index in [1.165, 1.54) is 44.1 Å². The highest BCUT2D eigenvalue weighted by Gasteiger charge is 2.64. The van der Waals surface area contributed by atoms with Crippen molar-refractivity contribution in [1.29, 1.82) is 0 Å². The fourth-order valence-electron chi connectivity index (χ4n) is 10.4. The fraction of sp³-hybridized carbons (Fsp3) is 0.629. The summed E-state index contributed by atoms with van der Waals surface area (Å²) in [5.41, 5.74) is 3.75. The first kappa shape index (κ1) is 27.1. The molecule has 7 rings (SSSR count). The number of rotatable bonds is 5. The molecule has 6 nitrogen and oxygen atoms in total. The zero-order valence-corrected chi connectivity index (χ0v) is 25.2. The molecule has 1 heterocycles. The molecule has 4 aliphatic carbocycles. The first-order valence-corrected chi connectivity index (χ1v) is 16.0. The molecule has 0 saturated heterocycles. The zero-order valence-electron chi connectivity index (χ0n) is 25.2. The summed E-state index contributed by atoms with van der Waals surface area (Å²) < 4.78 is 8.32. The van der Waals surface area contributed by atoms with Gasteiger partial charge in [0.15, 0.2) is 0 Å².